The summed E-state index contributed by atoms with van der Waals surface area (Å²) in [7, 11) is 0. The molecule has 1 aromatic heterocycles. The maximum atomic E-state index is 5.82. The predicted octanol–water partition coefficient (Wildman–Crippen LogP) is 2.61. The molecule has 2 heterocycles. The average Bonchev–Trinajstić information content (AvgIpc) is 2.73. The average molecular weight is 229 g/mol. The zero-order valence-electron chi connectivity index (χ0n) is 9.97. The molecule has 0 radical (unpaired) electrons. The maximum absolute atomic E-state index is 5.82. The second-order valence-electron chi connectivity index (χ2n) is 4.62. The van der Waals surface area contributed by atoms with Gasteiger partial charge in [0.05, 0.1) is 0 Å². The molecule has 0 saturated heterocycles. The van der Waals surface area contributed by atoms with E-state index in [1.807, 2.05) is 29.1 Å². The monoisotopic (exact) mass is 229 g/mol. The predicted molar refractivity (Wildman–Crippen MR) is 66.8 cm³/mol. The molecule has 0 amide bonds. The Kier molecular flexibility index (Phi) is 2.11. The second-order valence-corrected chi connectivity index (χ2v) is 4.62. The number of nitrogen functional groups attached to an aromatic ring is 1. The highest BCUT2D eigenvalue weighted by Gasteiger charge is 2.21. The van der Waals surface area contributed by atoms with Crippen molar-refractivity contribution in [2.75, 3.05) is 5.73 Å². The highest BCUT2D eigenvalue weighted by Crippen LogP contribution is 2.37. The van der Waals surface area contributed by atoms with Crippen LogP contribution in [0.15, 0.2) is 24.4 Å². The van der Waals surface area contributed by atoms with Crippen molar-refractivity contribution in [1.29, 1.82) is 0 Å². The van der Waals surface area contributed by atoms with Gasteiger partial charge in [-0.3, -0.25) is 4.68 Å². The fourth-order valence-electron chi connectivity index (χ4n) is 2.04. The topological polar surface area (TPSA) is 53.1 Å². The van der Waals surface area contributed by atoms with Gasteiger partial charge in [0.15, 0.2) is 0 Å². The number of aromatic nitrogens is 2. The van der Waals surface area contributed by atoms with Crippen LogP contribution in [0.2, 0.25) is 0 Å². The molecule has 2 aromatic rings. The van der Waals surface area contributed by atoms with Crippen LogP contribution in [0.5, 0.6) is 5.75 Å². The molecule has 0 atom stereocenters. The Morgan fingerprint density at radius 2 is 2.24 bits per heavy atom. The summed E-state index contributed by atoms with van der Waals surface area (Å²) in [5, 5.41) is 4.61. The number of benzene rings is 1. The number of rotatable bonds is 1. The first-order valence-corrected chi connectivity index (χ1v) is 5.76. The molecule has 1 aliphatic rings. The Labute approximate surface area is 100 Å². The largest absolute Gasteiger partial charge is 0.488 e. The number of nitrogens with two attached hydrogens (primary N) is 1. The lowest BCUT2D eigenvalue weighted by atomic mass is 10.0. The highest BCUT2D eigenvalue weighted by molar-refractivity contribution is 5.74. The molecule has 0 spiro atoms. The first-order valence-electron chi connectivity index (χ1n) is 5.76. The lowest BCUT2D eigenvalue weighted by Gasteiger charge is -2.16. The third-order valence-corrected chi connectivity index (χ3v) is 2.98. The van der Waals surface area contributed by atoms with Gasteiger partial charge in [-0.1, -0.05) is 0 Å². The Morgan fingerprint density at radius 3 is 3.00 bits per heavy atom. The fourth-order valence-corrected chi connectivity index (χ4v) is 2.04. The van der Waals surface area contributed by atoms with Gasteiger partial charge in [0.1, 0.15) is 18.1 Å². The number of hydrogen-bond donors (Lipinski definition) is 1. The molecule has 17 heavy (non-hydrogen) atoms. The summed E-state index contributed by atoms with van der Waals surface area (Å²) in [6, 6.07) is 6.03. The maximum Gasteiger partial charge on any atom is 0.129 e. The molecular formula is C13H15N3O. The standard InChI is InChI=1S/C13H15N3O/c1-8(2)16-6-9-7-17-12-4-3-10(14)5-11(12)13(9)15-16/h3-6,8H,7,14H2,1-2H3. The van der Waals surface area contributed by atoms with Crippen LogP contribution in [0.1, 0.15) is 25.5 Å². The van der Waals surface area contributed by atoms with Gasteiger partial charge >= 0.3 is 0 Å². The Hall–Kier alpha value is -1.97. The van der Waals surface area contributed by atoms with E-state index in [2.05, 4.69) is 18.9 Å². The first-order chi connectivity index (χ1) is 8.15. The summed E-state index contributed by atoms with van der Waals surface area (Å²) in [5.74, 6) is 0.862. The van der Waals surface area contributed by atoms with Gasteiger partial charge < -0.3 is 10.5 Å². The first kappa shape index (κ1) is 10.2. The molecule has 0 aliphatic carbocycles. The van der Waals surface area contributed by atoms with Crippen molar-refractivity contribution in [3.8, 4) is 17.0 Å². The summed E-state index contributed by atoms with van der Waals surface area (Å²) in [6.45, 7) is 4.80. The van der Waals surface area contributed by atoms with Crippen LogP contribution in [0, 0.1) is 0 Å². The number of nitrogens with zero attached hydrogens (tertiary/aromatic N) is 2. The van der Waals surface area contributed by atoms with Crippen LogP contribution in [0.3, 0.4) is 0 Å². The molecule has 1 aromatic carbocycles. The Balaban J connectivity index is 2.18. The van der Waals surface area contributed by atoms with Gasteiger partial charge in [-0.05, 0) is 32.0 Å². The molecule has 0 unspecified atom stereocenters. The number of ether oxygens (including phenoxy) is 1. The minimum atomic E-state index is 0.352. The molecule has 2 N–H and O–H groups in total. The van der Waals surface area contributed by atoms with Gasteiger partial charge in [-0.2, -0.15) is 5.10 Å². The lowest BCUT2D eigenvalue weighted by Crippen LogP contribution is -2.04. The van der Waals surface area contributed by atoms with Crippen LogP contribution in [0.4, 0.5) is 5.69 Å². The molecule has 0 fully saturated rings. The van der Waals surface area contributed by atoms with E-state index in [1.165, 1.54) is 0 Å². The quantitative estimate of drug-likeness (QED) is 0.765. The summed E-state index contributed by atoms with van der Waals surface area (Å²) in [6.07, 6.45) is 2.05. The van der Waals surface area contributed by atoms with Crippen LogP contribution in [0.25, 0.3) is 11.3 Å². The number of fused-ring (bicyclic) bond motifs is 3. The van der Waals surface area contributed by atoms with Gasteiger partial charge in [-0.25, -0.2) is 0 Å². The van der Waals surface area contributed by atoms with Crippen molar-refractivity contribution >= 4 is 5.69 Å². The molecule has 4 heteroatoms. The van der Waals surface area contributed by atoms with Gasteiger partial charge in [0.25, 0.3) is 0 Å². The van der Waals surface area contributed by atoms with E-state index in [4.69, 9.17) is 10.5 Å². The van der Waals surface area contributed by atoms with E-state index in [9.17, 15) is 0 Å². The fraction of sp³-hybridized carbons (Fsp3) is 0.308. The van der Waals surface area contributed by atoms with Crippen LogP contribution >= 0.6 is 0 Å². The number of anilines is 1. The molecule has 88 valence electrons. The number of hydrogen-bond acceptors (Lipinski definition) is 3. The Morgan fingerprint density at radius 1 is 1.41 bits per heavy atom. The minimum Gasteiger partial charge on any atom is -0.488 e. The molecular weight excluding hydrogens is 214 g/mol. The third kappa shape index (κ3) is 1.56. The highest BCUT2D eigenvalue weighted by atomic mass is 16.5. The second kappa shape index (κ2) is 3.52. The summed E-state index contributed by atoms with van der Waals surface area (Å²) in [4.78, 5) is 0. The van der Waals surface area contributed by atoms with E-state index in [0.717, 1.165) is 28.3 Å². The normalized spacial score (nSPS) is 13.1. The van der Waals surface area contributed by atoms with Crippen molar-refractivity contribution in [1.82, 2.24) is 9.78 Å². The minimum absolute atomic E-state index is 0.352. The lowest BCUT2D eigenvalue weighted by molar-refractivity contribution is 0.302. The van der Waals surface area contributed by atoms with Crippen molar-refractivity contribution < 1.29 is 4.74 Å². The molecule has 0 bridgehead atoms. The van der Waals surface area contributed by atoms with Crippen molar-refractivity contribution in [3.63, 3.8) is 0 Å². The zero-order valence-corrected chi connectivity index (χ0v) is 9.97. The molecule has 0 saturated carbocycles. The summed E-state index contributed by atoms with van der Waals surface area (Å²) in [5.41, 5.74) is 9.66. The van der Waals surface area contributed by atoms with Crippen molar-refractivity contribution in [2.24, 2.45) is 0 Å². The van der Waals surface area contributed by atoms with Gasteiger partial charge in [0.2, 0.25) is 0 Å². The summed E-state index contributed by atoms with van der Waals surface area (Å²) >= 11 is 0. The molecule has 3 rings (SSSR count). The van der Waals surface area contributed by atoms with Crippen LogP contribution < -0.4 is 10.5 Å². The van der Waals surface area contributed by atoms with E-state index < -0.39 is 0 Å². The summed E-state index contributed by atoms with van der Waals surface area (Å²) < 4.78 is 7.65. The van der Waals surface area contributed by atoms with Crippen molar-refractivity contribution in [3.05, 3.63) is 30.0 Å². The van der Waals surface area contributed by atoms with Crippen molar-refractivity contribution in [2.45, 2.75) is 26.5 Å². The Bertz CT molecular complexity index is 572. The van der Waals surface area contributed by atoms with E-state index in [0.29, 0.717) is 12.6 Å². The zero-order chi connectivity index (χ0) is 12.0. The van der Waals surface area contributed by atoms with Gasteiger partial charge in [-0.15, -0.1) is 0 Å². The van der Waals surface area contributed by atoms with E-state index in [-0.39, 0.29) is 0 Å². The third-order valence-electron chi connectivity index (χ3n) is 2.98. The van der Waals surface area contributed by atoms with E-state index in [1.54, 1.807) is 0 Å². The SMILES string of the molecule is CC(C)n1cc2c(n1)-c1cc(N)ccc1OC2. The van der Waals surface area contributed by atoms with E-state index >= 15 is 0 Å². The van der Waals surface area contributed by atoms with Crippen LogP contribution in [-0.4, -0.2) is 9.78 Å². The van der Waals surface area contributed by atoms with Crippen LogP contribution in [-0.2, 0) is 6.61 Å². The molecule has 4 nitrogen and oxygen atoms in total. The van der Waals surface area contributed by atoms with Gasteiger partial charge in [0, 0.05) is 29.1 Å². The smallest absolute Gasteiger partial charge is 0.129 e. The molecule has 1 aliphatic heterocycles.